The van der Waals surface area contributed by atoms with Gasteiger partial charge in [0, 0.05) is 57.9 Å². The number of hydrogen-bond donors (Lipinski definition) is 3. The number of piperazine rings is 2. The van der Waals surface area contributed by atoms with Crippen molar-refractivity contribution in [3.05, 3.63) is 0 Å². The van der Waals surface area contributed by atoms with E-state index in [1.54, 1.807) is 0 Å². The topological polar surface area (TPSA) is 39.3 Å². The molecule has 2 rings (SSSR count). The quantitative estimate of drug-likeness (QED) is 0.523. The molecule has 2 aliphatic rings. The Morgan fingerprint density at radius 3 is 2.50 bits per heavy atom. The zero-order chi connectivity index (χ0) is 9.80. The molecule has 0 aromatic rings. The van der Waals surface area contributed by atoms with Gasteiger partial charge in [-0.1, -0.05) is 0 Å². The smallest absolute Gasteiger partial charge is 0.0346 e. The van der Waals surface area contributed by atoms with Gasteiger partial charge in [-0.3, -0.25) is 4.90 Å². The highest BCUT2D eigenvalue weighted by molar-refractivity contribution is 4.87. The molecular weight excluding hydrogens is 176 g/mol. The Morgan fingerprint density at radius 2 is 1.86 bits per heavy atom. The maximum atomic E-state index is 3.59. The standard InChI is InChI=1S/C10H22N4/c1-9(10-8-12-2-3-13-10)14-6-4-11-5-7-14/h9-13H,2-8H2,1H3. The van der Waals surface area contributed by atoms with E-state index in [0.717, 1.165) is 32.7 Å². The van der Waals surface area contributed by atoms with Crippen LogP contribution in [0.25, 0.3) is 0 Å². The Balaban J connectivity index is 1.82. The summed E-state index contributed by atoms with van der Waals surface area (Å²) >= 11 is 0. The maximum Gasteiger partial charge on any atom is 0.0346 e. The molecule has 2 unspecified atom stereocenters. The zero-order valence-corrected chi connectivity index (χ0v) is 9.05. The number of nitrogens with one attached hydrogen (secondary N) is 3. The predicted molar refractivity (Wildman–Crippen MR) is 58.6 cm³/mol. The molecule has 3 N–H and O–H groups in total. The Kier molecular flexibility index (Phi) is 3.75. The highest BCUT2D eigenvalue weighted by Gasteiger charge is 2.25. The molecule has 4 nitrogen and oxygen atoms in total. The van der Waals surface area contributed by atoms with E-state index in [2.05, 4.69) is 27.8 Å². The van der Waals surface area contributed by atoms with E-state index in [0.29, 0.717) is 12.1 Å². The van der Waals surface area contributed by atoms with Crippen molar-refractivity contribution in [2.45, 2.75) is 19.0 Å². The fourth-order valence-corrected chi connectivity index (χ4v) is 2.36. The molecule has 0 bridgehead atoms. The van der Waals surface area contributed by atoms with Crippen molar-refractivity contribution in [2.75, 3.05) is 45.8 Å². The van der Waals surface area contributed by atoms with Crippen molar-refractivity contribution < 1.29 is 0 Å². The Labute approximate surface area is 86.4 Å². The van der Waals surface area contributed by atoms with E-state index in [-0.39, 0.29) is 0 Å². The van der Waals surface area contributed by atoms with Crippen molar-refractivity contribution in [3.63, 3.8) is 0 Å². The van der Waals surface area contributed by atoms with Gasteiger partial charge >= 0.3 is 0 Å². The van der Waals surface area contributed by atoms with Crippen LogP contribution in [0.5, 0.6) is 0 Å². The van der Waals surface area contributed by atoms with Gasteiger partial charge in [0.25, 0.3) is 0 Å². The average Bonchev–Trinajstić information content (AvgIpc) is 2.30. The predicted octanol–water partition coefficient (Wildman–Crippen LogP) is -1.16. The molecule has 2 heterocycles. The summed E-state index contributed by atoms with van der Waals surface area (Å²) in [4.78, 5) is 2.58. The van der Waals surface area contributed by atoms with Crippen LogP contribution < -0.4 is 16.0 Å². The molecule has 0 aliphatic carbocycles. The Bertz CT molecular complexity index is 144. The second-order valence-electron chi connectivity index (χ2n) is 4.29. The van der Waals surface area contributed by atoms with E-state index < -0.39 is 0 Å². The first kappa shape index (κ1) is 10.4. The summed E-state index contributed by atoms with van der Waals surface area (Å²) in [6.07, 6.45) is 0. The highest BCUT2D eigenvalue weighted by atomic mass is 15.2. The first-order chi connectivity index (χ1) is 6.88. The summed E-state index contributed by atoms with van der Waals surface area (Å²) in [6, 6.07) is 1.28. The number of hydrogen-bond acceptors (Lipinski definition) is 4. The van der Waals surface area contributed by atoms with Gasteiger partial charge in [0.2, 0.25) is 0 Å². The maximum absolute atomic E-state index is 3.59. The van der Waals surface area contributed by atoms with Gasteiger partial charge in [-0.05, 0) is 6.92 Å². The second-order valence-corrected chi connectivity index (χ2v) is 4.29. The summed E-state index contributed by atoms with van der Waals surface area (Å²) in [5.41, 5.74) is 0. The molecule has 2 fully saturated rings. The Hall–Kier alpha value is -0.160. The van der Waals surface area contributed by atoms with Crippen molar-refractivity contribution in [1.82, 2.24) is 20.9 Å². The molecule has 0 spiro atoms. The lowest BCUT2D eigenvalue weighted by atomic mass is 10.1. The second kappa shape index (κ2) is 5.07. The zero-order valence-electron chi connectivity index (χ0n) is 9.05. The molecule has 2 aliphatic heterocycles. The summed E-state index contributed by atoms with van der Waals surface area (Å²) in [7, 11) is 0. The van der Waals surface area contributed by atoms with E-state index >= 15 is 0 Å². The van der Waals surface area contributed by atoms with Crippen LogP contribution in [0.4, 0.5) is 0 Å². The molecule has 4 heteroatoms. The first-order valence-corrected chi connectivity index (χ1v) is 5.77. The molecule has 2 atom stereocenters. The molecule has 0 radical (unpaired) electrons. The molecule has 82 valence electrons. The minimum absolute atomic E-state index is 0.627. The van der Waals surface area contributed by atoms with Gasteiger partial charge in [0.1, 0.15) is 0 Å². The lowest BCUT2D eigenvalue weighted by Crippen LogP contribution is -2.60. The van der Waals surface area contributed by atoms with Gasteiger partial charge < -0.3 is 16.0 Å². The summed E-state index contributed by atoms with van der Waals surface area (Å²) in [6.45, 7) is 10.4. The van der Waals surface area contributed by atoms with Crippen LogP contribution in [0.1, 0.15) is 6.92 Å². The first-order valence-electron chi connectivity index (χ1n) is 5.77. The van der Waals surface area contributed by atoms with Crippen molar-refractivity contribution in [2.24, 2.45) is 0 Å². The lowest BCUT2D eigenvalue weighted by Gasteiger charge is -2.39. The van der Waals surface area contributed by atoms with Crippen LogP contribution in [-0.2, 0) is 0 Å². The minimum atomic E-state index is 0.627. The summed E-state index contributed by atoms with van der Waals surface area (Å²) < 4.78 is 0. The summed E-state index contributed by atoms with van der Waals surface area (Å²) in [5, 5.41) is 10.4. The van der Waals surface area contributed by atoms with E-state index in [9.17, 15) is 0 Å². The van der Waals surface area contributed by atoms with Gasteiger partial charge in [0.05, 0.1) is 0 Å². The largest absolute Gasteiger partial charge is 0.314 e. The monoisotopic (exact) mass is 198 g/mol. The summed E-state index contributed by atoms with van der Waals surface area (Å²) in [5.74, 6) is 0. The third kappa shape index (κ3) is 2.45. The molecular formula is C10H22N4. The average molecular weight is 198 g/mol. The van der Waals surface area contributed by atoms with Gasteiger partial charge in [0.15, 0.2) is 0 Å². The molecule has 0 amide bonds. The fourth-order valence-electron chi connectivity index (χ4n) is 2.36. The van der Waals surface area contributed by atoms with Crippen molar-refractivity contribution in [3.8, 4) is 0 Å². The van der Waals surface area contributed by atoms with E-state index in [1.165, 1.54) is 13.1 Å². The third-order valence-electron chi connectivity index (χ3n) is 3.38. The molecule has 0 saturated carbocycles. The van der Waals surface area contributed by atoms with Crippen LogP contribution in [0, 0.1) is 0 Å². The fraction of sp³-hybridized carbons (Fsp3) is 1.00. The Morgan fingerprint density at radius 1 is 1.07 bits per heavy atom. The van der Waals surface area contributed by atoms with Gasteiger partial charge in [-0.2, -0.15) is 0 Å². The van der Waals surface area contributed by atoms with Crippen molar-refractivity contribution in [1.29, 1.82) is 0 Å². The number of rotatable bonds is 2. The molecule has 0 aromatic heterocycles. The van der Waals surface area contributed by atoms with Crippen LogP contribution >= 0.6 is 0 Å². The van der Waals surface area contributed by atoms with Crippen LogP contribution in [-0.4, -0.2) is 62.8 Å². The van der Waals surface area contributed by atoms with Crippen molar-refractivity contribution >= 4 is 0 Å². The van der Waals surface area contributed by atoms with Crippen LogP contribution in [0.3, 0.4) is 0 Å². The minimum Gasteiger partial charge on any atom is -0.314 e. The van der Waals surface area contributed by atoms with E-state index in [4.69, 9.17) is 0 Å². The molecule has 0 aromatic carbocycles. The number of nitrogens with zero attached hydrogens (tertiary/aromatic N) is 1. The third-order valence-corrected chi connectivity index (χ3v) is 3.38. The van der Waals surface area contributed by atoms with Gasteiger partial charge in [-0.15, -0.1) is 0 Å². The van der Waals surface area contributed by atoms with Crippen LogP contribution in [0.2, 0.25) is 0 Å². The van der Waals surface area contributed by atoms with Crippen LogP contribution in [0.15, 0.2) is 0 Å². The SMILES string of the molecule is CC(C1CNCCN1)N1CCNCC1. The molecule has 14 heavy (non-hydrogen) atoms. The van der Waals surface area contributed by atoms with E-state index in [1.807, 2.05) is 0 Å². The molecule has 2 saturated heterocycles. The normalized spacial score (nSPS) is 32.8. The van der Waals surface area contributed by atoms with Gasteiger partial charge in [-0.25, -0.2) is 0 Å². The lowest BCUT2D eigenvalue weighted by molar-refractivity contribution is 0.143. The highest BCUT2D eigenvalue weighted by Crippen LogP contribution is 2.06.